The van der Waals surface area contributed by atoms with E-state index in [9.17, 15) is 14.7 Å². The van der Waals surface area contributed by atoms with E-state index in [2.05, 4.69) is 11.8 Å². The molecule has 1 atom stereocenters. The summed E-state index contributed by atoms with van der Waals surface area (Å²) in [7, 11) is 0. The van der Waals surface area contributed by atoms with Gasteiger partial charge in [0.15, 0.2) is 0 Å². The Morgan fingerprint density at radius 3 is 2.52 bits per heavy atom. The topological polar surface area (TPSA) is 66.8 Å². The minimum absolute atomic E-state index is 0.132. The molecular weight excluding hydrogens is 386 g/mol. The molecule has 1 aliphatic carbocycles. The monoisotopic (exact) mass is 417 g/mol. The fourth-order valence-corrected chi connectivity index (χ4v) is 4.89. The van der Waals surface area contributed by atoms with Crippen molar-refractivity contribution in [2.24, 2.45) is 11.3 Å². The lowest BCUT2D eigenvalue weighted by Crippen LogP contribution is -2.61. The summed E-state index contributed by atoms with van der Waals surface area (Å²) in [5.74, 6) is 5.40. The van der Waals surface area contributed by atoms with Crippen molar-refractivity contribution >= 4 is 28.9 Å². The molecule has 1 N–H and O–H groups in total. The van der Waals surface area contributed by atoms with Crippen molar-refractivity contribution in [1.82, 2.24) is 0 Å². The summed E-state index contributed by atoms with van der Waals surface area (Å²) < 4.78 is 5.93. The van der Waals surface area contributed by atoms with Gasteiger partial charge in [-0.1, -0.05) is 31.1 Å². The van der Waals surface area contributed by atoms with Gasteiger partial charge in [-0.25, -0.2) is 4.79 Å². The first-order chi connectivity index (χ1) is 13.5. The summed E-state index contributed by atoms with van der Waals surface area (Å²) in [6.45, 7) is 9.99. The van der Waals surface area contributed by atoms with Gasteiger partial charge < -0.3 is 14.7 Å². The maximum atomic E-state index is 13.4. The van der Waals surface area contributed by atoms with Crippen LogP contribution in [0.3, 0.4) is 0 Å². The molecule has 1 saturated heterocycles. The lowest BCUT2D eigenvalue weighted by molar-refractivity contribution is -0.149. The third-order valence-electron chi connectivity index (χ3n) is 5.60. The zero-order chi connectivity index (χ0) is 21.4. The molecule has 1 saturated carbocycles. The van der Waals surface area contributed by atoms with E-state index in [4.69, 9.17) is 4.74 Å². The Morgan fingerprint density at radius 1 is 1.28 bits per heavy atom. The fourth-order valence-electron chi connectivity index (χ4n) is 4.05. The van der Waals surface area contributed by atoms with E-state index in [1.807, 2.05) is 20.8 Å². The summed E-state index contributed by atoms with van der Waals surface area (Å²) in [5.41, 5.74) is -0.688. The molecule has 29 heavy (non-hydrogen) atoms. The number of carboxylic acid groups (broad SMARTS) is 1. The Morgan fingerprint density at radius 2 is 1.93 bits per heavy atom. The summed E-state index contributed by atoms with van der Waals surface area (Å²) in [6.07, 6.45) is 5.59. The SMILES string of the molecule is CC(C)(C)C#Cc1cc(N2C(=O)C(C)(C)OC[C@H]2C2CCCCC2)c(C(=O)O)s1. The minimum atomic E-state index is -1.02. The normalized spacial score (nSPS) is 22.9. The lowest BCUT2D eigenvalue weighted by Gasteiger charge is -2.46. The molecular formula is C23H31NO4S. The number of morpholine rings is 1. The van der Waals surface area contributed by atoms with Crippen LogP contribution in [0.1, 0.15) is 81.3 Å². The summed E-state index contributed by atoms with van der Waals surface area (Å²) in [6, 6.07) is 1.65. The molecule has 6 heteroatoms. The van der Waals surface area contributed by atoms with Crippen molar-refractivity contribution in [2.45, 2.75) is 78.4 Å². The van der Waals surface area contributed by atoms with Crippen molar-refractivity contribution in [3.8, 4) is 11.8 Å². The van der Waals surface area contributed by atoms with Gasteiger partial charge >= 0.3 is 5.97 Å². The number of hydrogen-bond donors (Lipinski definition) is 1. The van der Waals surface area contributed by atoms with E-state index in [0.717, 1.165) is 37.0 Å². The Kier molecular flexibility index (Phi) is 6.12. The largest absolute Gasteiger partial charge is 0.477 e. The standard InChI is InChI=1S/C23H31NO4S/c1-22(2,3)12-11-16-13-17(19(29-16)20(25)26)24-18(15-9-7-6-8-10-15)14-28-23(4,5)21(24)27/h13,15,18H,6-10,14H2,1-5H3,(H,25,26)/t18-/m0/s1. The van der Waals surface area contributed by atoms with Gasteiger partial charge in [-0.3, -0.25) is 4.79 Å². The molecule has 2 aliphatic rings. The number of rotatable bonds is 3. The lowest BCUT2D eigenvalue weighted by atomic mass is 9.82. The molecule has 1 aromatic rings. The van der Waals surface area contributed by atoms with E-state index in [1.165, 1.54) is 6.42 Å². The maximum Gasteiger partial charge on any atom is 0.348 e. The van der Waals surface area contributed by atoms with Crippen LogP contribution in [0.15, 0.2) is 6.07 Å². The fraction of sp³-hybridized carbons (Fsp3) is 0.652. The van der Waals surface area contributed by atoms with E-state index < -0.39 is 11.6 Å². The van der Waals surface area contributed by atoms with Crippen LogP contribution < -0.4 is 4.90 Å². The number of thiophene rings is 1. The van der Waals surface area contributed by atoms with Gasteiger partial charge in [0.05, 0.1) is 23.2 Å². The summed E-state index contributed by atoms with van der Waals surface area (Å²) in [5, 5.41) is 9.84. The molecule has 3 rings (SSSR count). The second-order valence-corrected chi connectivity index (χ2v) is 10.6. The van der Waals surface area contributed by atoms with Gasteiger partial charge in [-0.2, -0.15) is 0 Å². The van der Waals surface area contributed by atoms with Crippen molar-refractivity contribution in [1.29, 1.82) is 0 Å². The predicted octanol–water partition coefficient (Wildman–Crippen LogP) is 4.93. The van der Waals surface area contributed by atoms with Gasteiger partial charge in [0.2, 0.25) is 0 Å². The van der Waals surface area contributed by atoms with Crippen molar-refractivity contribution < 1.29 is 19.4 Å². The molecule has 2 fully saturated rings. The van der Waals surface area contributed by atoms with Gasteiger partial charge in [-0.05, 0) is 59.4 Å². The maximum absolute atomic E-state index is 13.4. The molecule has 1 amide bonds. The molecule has 0 bridgehead atoms. The quantitative estimate of drug-likeness (QED) is 0.708. The highest BCUT2D eigenvalue weighted by molar-refractivity contribution is 7.15. The number of carboxylic acids is 1. The highest BCUT2D eigenvalue weighted by atomic mass is 32.1. The molecule has 0 radical (unpaired) electrons. The van der Waals surface area contributed by atoms with E-state index in [1.54, 1.807) is 24.8 Å². The van der Waals surface area contributed by atoms with Crippen LogP contribution in [-0.2, 0) is 9.53 Å². The molecule has 2 heterocycles. The van der Waals surface area contributed by atoms with Crippen molar-refractivity contribution in [3.63, 3.8) is 0 Å². The van der Waals surface area contributed by atoms with Crippen LogP contribution in [-0.4, -0.2) is 35.2 Å². The van der Waals surface area contributed by atoms with Gasteiger partial charge in [0.1, 0.15) is 10.5 Å². The van der Waals surface area contributed by atoms with E-state index in [-0.39, 0.29) is 22.2 Å². The molecule has 1 aliphatic heterocycles. The van der Waals surface area contributed by atoms with Crippen molar-refractivity contribution in [2.75, 3.05) is 11.5 Å². The molecule has 0 aromatic carbocycles. The predicted molar refractivity (Wildman–Crippen MR) is 115 cm³/mol. The number of hydrogen-bond acceptors (Lipinski definition) is 4. The summed E-state index contributed by atoms with van der Waals surface area (Å²) >= 11 is 1.14. The van der Waals surface area contributed by atoms with Gasteiger partial charge in [-0.15, -0.1) is 11.3 Å². The van der Waals surface area contributed by atoms with Crippen molar-refractivity contribution in [3.05, 3.63) is 15.8 Å². The zero-order valence-electron chi connectivity index (χ0n) is 18.0. The smallest absolute Gasteiger partial charge is 0.348 e. The molecule has 1 aromatic heterocycles. The van der Waals surface area contributed by atoms with Crippen LogP contribution in [0.5, 0.6) is 0 Å². The number of carbonyl (C=O) groups is 2. The number of amides is 1. The Bertz CT molecular complexity index is 846. The second kappa shape index (κ2) is 8.12. The van der Waals surface area contributed by atoms with E-state index in [0.29, 0.717) is 23.1 Å². The Balaban J connectivity index is 2.06. The minimum Gasteiger partial charge on any atom is -0.477 e. The number of anilines is 1. The average Bonchev–Trinajstić information content (AvgIpc) is 3.06. The van der Waals surface area contributed by atoms with Gasteiger partial charge in [0, 0.05) is 5.41 Å². The van der Waals surface area contributed by atoms with Crippen LogP contribution >= 0.6 is 11.3 Å². The molecule has 0 spiro atoms. The first kappa shape index (κ1) is 21.9. The number of carbonyl (C=O) groups excluding carboxylic acids is 1. The van der Waals surface area contributed by atoms with E-state index >= 15 is 0 Å². The first-order valence-electron chi connectivity index (χ1n) is 10.4. The van der Waals surface area contributed by atoms with Crippen LogP contribution in [0.2, 0.25) is 0 Å². The zero-order valence-corrected chi connectivity index (χ0v) is 18.8. The molecule has 158 valence electrons. The average molecular weight is 418 g/mol. The second-order valence-electron chi connectivity index (χ2n) is 9.59. The highest BCUT2D eigenvalue weighted by Crippen LogP contribution is 2.40. The van der Waals surface area contributed by atoms with Crippen LogP contribution in [0, 0.1) is 23.2 Å². The first-order valence-corrected chi connectivity index (χ1v) is 11.2. The molecule has 0 unspecified atom stereocenters. The molecule has 5 nitrogen and oxygen atoms in total. The third kappa shape index (κ3) is 4.84. The Labute approximate surface area is 177 Å². The van der Waals surface area contributed by atoms with Gasteiger partial charge in [0.25, 0.3) is 5.91 Å². The number of aromatic carboxylic acids is 1. The summed E-state index contributed by atoms with van der Waals surface area (Å²) in [4.78, 5) is 28.0. The number of ether oxygens (including phenoxy) is 1. The highest BCUT2D eigenvalue weighted by Gasteiger charge is 2.46. The third-order valence-corrected chi connectivity index (χ3v) is 6.63. The Hall–Kier alpha value is -1.84. The number of nitrogens with zero attached hydrogens (tertiary/aromatic N) is 1. The van der Waals surface area contributed by atoms with Crippen LogP contribution in [0.4, 0.5) is 5.69 Å². The van der Waals surface area contributed by atoms with Crippen LogP contribution in [0.25, 0.3) is 0 Å².